The van der Waals surface area contributed by atoms with Crippen LogP contribution < -0.4 is 10.1 Å². The highest BCUT2D eigenvalue weighted by molar-refractivity contribution is 8.26. The highest BCUT2D eigenvalue weighted by Crippen LogP contribution is 2.34. The van der Waals surface area contributed by atoms with Crippen molar-refractivity contribution in [3.05, 3.63) is 40.2 Å². The van der Waals surface area contributed by atoms with Crippen molar-refractivity contribution in [3.63, 3.8) is 0 Å². The van der Waals surface area contributed by atoms with E-state index < -0.39 is 0 Å². The first-order chi connectivity index (χ1) is 12.5. The van der Waals surface area contributed by atoms with Crippen LogP contribution in [-0.4, -0.2) is 44.8 Å². The number of thiazole rings is 1. The number of rotatable bonds is 5. The molecule has 1 aromatic carbocycles. The summed E-state index contributed by atoms with van der Waals surface area (Å²) in [5, 5.41) is 14.5. The maximum absolute atomic E-state index is 12.6. The fourth-order valence-corrected chi connectivity index (χ4v) is 3.96. The van der Waals surface area contributed by atoms with Gasteiger partial charge >= 0.3 is 0 Å². The second kappa shape index (κ2) is 7.85. The quantitative estimate of drug-likeness (QED) is 0.582. The van der Waals surface area contributed by atoms with Crippen LogP contribution in [0.1, 0.15) is 5.56 Å². The van der Waals surface area contributed by atoms with Gasteiger partial charge in [0.1, 0.15) is 10.9 Å². The Morgan fingerprint density at radius 2 is 2.31 bits per heavy atom. The van der Waals surface area contributed by atoms with Crippen molar-refractivity contribution in [2.45, 2.75) is 0 Å². The van der Waals surface area contributed by atoms with Gasteiger partial charge in [0.05, 0.1) is 12.0 Å². The predicted octanol–water partition coefficient (Wildman–Crippen LogP) is 2.70. The van der Waals surface area contributed by atoms with Crippen LogP contribution in [0.25, 0.3) is 6.08 Å². The van der Waals surface area contributed by atoms with E-state index in [1.807, 2.05) is 0 Å². The van der Waals surface area contributed by atoms with Crippen molar-refractivity contribution in [2.75, 3.05) is 19.0 Å². The molecule has 10 heteroatoms. The average Bonchev–Trinajstić information content (AvgIpc) is 3.20. The summed E-state index contributed by atoms with van der Waals surface area (Å²) in [5.74, 6) is -0.404. The van der Waals surface area contributed by atoms with Gasteiger partial charge in [-0.1, -0.05) is 30.0 Å². The number of benzene rings is 1. The summed E-state index contributed by atoms with van der Waals surface area (Å²) in [7, 11) is 1.44. The molecule has 1 aromatic heterocycles. The molecule has 0 saturated carbocycles. The fourth-order valence-electron chi connectivity index (χ4n) is 2.16. The minimum absolute atomic E-state index is 0.0102. The number of phenolic OH excluding ortho intramolecular Hbond substituents is 1. The lowest BCUT2D eigenvalue weighted by Gasteiger charge is -2.13. The van der Waals surface area contributed by atoms with Crippen LogP contribution in [0.15, 0.2) is 34.7 Å². The van der Waals surface area contributed by atoms with Crippen LogP contribution in [0.5, 0.6) is 11.5 Å². The lowest BCUT2D eigenvalue weighted by Crippen LogP contribution is -2.36. The number of hydrogen-bond donors (Lipinski definition) is 2. The number of carbonyl (C=O) groups excluding carboxylic acids is 2. The molecule has 0 spiro atoms. The Balaban J connectivity index is 1.73. The van der Waals surface area contributed by atoms with Gasteiger partial charge in [0.15, 0.2) is 16.6 Å². The molecule has 2 N–H and O–H groups in total. The van der Waals surface area contributed by atoms with Gasteiger partial charge in [-0.3, -0.25) is 14.5 Å². The predicted molar refractivity (Wildman–Crippen MR) is 105 cm³/mol. The molecule has 26 heavy (non-hydrogen) atoms. The molecule has 2 aromatic rings. The summed E-state index contributed by atoms with van der Waals surface area (Å²) < 4.78 is 5.36. The summed E-state index contributed by atoms with van der Waals surface area (Å²) in [5.41, 5.74) is 0.674. The fraction of sp³-hybridized carbons (Fsp3) is 0.125. The number of amides is 2. The van der Waals surface area contributed by atoms with E-state index in [2.05, 4.69) is 10.3 Å². The number of nitrogens with zero attached hydrogens (tertiary/aromatic N) is 2. The highest BCUT2D eigenvalue weighted by Gasteiger charge is 2.33. The van der Waals surface area contributed by atoms with Gasteiger partial charge in [0.2, 0.25) is 5.91 Å². The molecule has 1 saturated heterocycles. The number of aromatic nitrogens is 1. The normalized spacial score (nSPS) is 15.6. The summed E-state index contributed by atoms with van der Waals surface area (Å²) in [4.78, 5) is 30.2. The van der Waals surface area contributed by atoms with Crippen molar-refractivity contribution in [2.24, 2.45) is 0 Å². The minimum atomic E-state index is -0.371. The molecule has 0 atom stereocenters. The van der Waals surface area contributed by atoms with E-state index in [0.29, 0.717) is 25.7 Å². The third-order valence-electron chi connectivity index (χ3n) is 3.36. The summed E-state index contributed by atoms with van der Waals surface area (Å²) in [6, 6.07) is 4.74. The molecule has 0 unspecified atom stereocenters. The first kappa shape index (κ1) is 18.4. The van der Waals surface area contributed by atoms with Crippen molar-refractivity contribution < 1.29 is 19.4 Å². The SMILES string of the molecule is COc1cc(/C=C2\SC(=S)N(CC(=O)Nc3nccs3)C2=O)ccc1O. The Morgan fingerprint density at radius 3 is 3.00 bits per heavy atom. The Labute approximate surface area is 162 Å². The topological polar surface area (TPSA) is 91.8 Å². The molecule has 134 valence electrons. The molecule has 1 aliphatic rings. The van der Waals surface area contributed by atoms with Gasteiger partial charge in [-0.2, -0.15) is 0 Å². The molecule has 2 heterocycles. The third kappa shape index (κ3) is 4.03. The molecule has 2 amide bonds. The third-order valence-corrected chi connectivity index (χ3v) is 5.42. The van der Waals surface area contributed by atoms with Gasteiger partial charge in [0, 0.05) is 11.6 Å². The van der Waals surface area contributed by atoms with E-state index in [4.69, 9.17) is 17.0 Å². The van der Waals surface area contributed by atoms with Crippen molar-refractivity contribution in [1.29, 1.82) is 0 Å². The molecule has 0 bridgehead atoms. The molecule has 1 aliphatic heterocycles. The number of thiocarbonyl (C=S) groups is 1. The van der Waals surface area contributed by atoms with Crippen LogP contribution in [-0.2, 0) is 9.59 Å². The van der Waals surface area contributed by atoms with Crippen LogP contribution in [0.4, 0.5) is 5.13 Å². The monoisotopic (exact) mass is 407 g/mol. The number of methoxy groups -OCH3 is 1. The van der Waals surface area contributed by atoms with Crippen molar-refractivity contribution >= 4 is 62.7 Å². The number of hydrogen-bond acceptors (Lipinski definition) is 8. The molecule has 7 nitrogen and oxygen atoms in total. The zero-order chi connectivity index (χ0) is 18.7. The first-order valence-electron chi connectivity index (χ1n) is 7.29. The lowest BCUT2D eigenvalue weighted by molar-refractivity contribution is -0.126. The summed E-state index contributed by atoms with van der Waals surface area (Å²) >= 11 is 7.62. The van der Waals surface area contributed by atoms with Gasteiger partial charge in [0.25, 0.3) is 5.91 Å². The smallest absolute Gasteiger partial charge is 0.266 e. The molecular weight excluding hydrogens is 394 g/mol. The zero-order valence-electron chi connectivity index (χ0n) is 13.5. The Kier molecular flexibility index (Phi) is 5.55. The summed E-state index contributed by atoms with van der Waals surface area (Å²) in [6.45, 7) is -0.180. The van der Waals surface area contributed by atoms with E-state index in [9.17, 15) is 14.7 Å². The van der Waals surface area contributed by atoms with Crippen LogP contribution in [0, 0.1) is 0 Å². The maximum atomic E-state index is 12.6. The van der Waals surface area contributed by atoms with E-state index in [1.165, 1.54) is 29.4 Å². The van der Waals surface area contributed by atoms with E-state index >= 15 is 0 Å². The number of thioether (sulfide) groups is 1. The van der Waals surface area contributed by atoms with E-state index in [0.717, 1.165) is 11.8 Å². The second-order valence-electron chi connectivity index (χ2n) is 5.08. The van der Waals surface area contributed by atoms with E-state index in [1.54, 1.807) is 29.8 Å². The largest absolute Gasteiger partial charge is 0.504 e. The lowest BCUT2D eigenvalue weighted by atomic mass is 10.2. The van der Waals surface area contributed by atoms with Gasteiger partial charge < -0.3 is 15.2 Å². The highest BCUT2D eigenvalue weighted by atomic mass is 32.2. The molecule has 0 aliphatic carbocycles. The number of nitrogens with one attached hydrogen (secondary N) is 1. The van der Waals surface area contributed by atoms with Crippen LogP contribution in [0.3, 0.4) is 0 Å². The van der Waals surface area contributed by atoms with Crippen LogP contribution in [0.2, 0.25) is 0 Å². The van der Waals surface area contributed by atoms with Crippen molar-refractivity contribution in [3.8, 4) is 11.5 Å². The number of phenols is 1. The number of aromatic hydroxyl groups is 1. The first-order valence-corrected chi connectivity index (χ1v) is 9.40. The number of carbonyl (C=O) groups is 2. The Bertz CT molecular complexity index is 896. The maximum Gasteiger partial charge on any atom is 0.266 e. The van der Waals surface area contributed by atoms with E-state index in [-0.39, 0.29) is 24.1 Å². The standard InChI is InChI=1S/C16H13N3O4S3/c1-23-11-6-9(2-3-10(11)20)7-12-14(22)19(16(24)26-12)8-13(21)18-15-17-4-5-25-15/h2-7,20H,8H2,1H3,(H,17,18,21)/b12-7-. The number of ether oxygens (including phenoxy) is 1. The molecule has 0 radical (unpaired) electrons. The Hall–Kier alpha value is -2.43. The number of anilines is 1. The van der Waals surface area contributed by atoms with Gasteiger partial charge in [-0.05, 0) is 23.8 Å². The summed E-state index contributed by atoms with van der Waals surface area (Å²) in [6.07, 6.45) is 3.22. The van der Waals surface area contributed by atoms with Crippen LogP contribution >= 0.6 is 35.3 Å². The zero-order valence-corrected chi connectivity index (χ0v) is 15.9. The van der Waals surface area contributed by atoms with Gasteiger partial charge in [-0.25, -0.2) is 4.98 Å². The Morgan fingerprint density at radius 1 is 1.50 bits per heavy atom. The molecule has 1 fully saturated rings. The minimum Gasteiger partial charge on any atom is -0.504 e. The average molecular weight is 407 g/mol. The molecular formula is C16H13N3O4S3. The van der Waals surface area contributed by atoms with Crippen molar-refractivity contribution in [1.82, 2.24) is 9.88 Å². The second-order valence-corrected chi connectivity index (χ2v) is 7.65. The van der Waals surface area contributed by atoms with Gasteiger partial charge in [-0.15, -0.1) is 11.3 Å². The molecule has 3 rings (SSSR count).